The summed E-state index contributed by atoms with van der Waals surface area (Å²) in [5.41, 5.74) is 1.07. The quantitative estimate of drug-likeness (QED) is 0.729. The lowest BCUT2D eigenvalue weighted by molar-refractivity contribution is -0.0591. The molecular weight excluding hydrogens is 250 g/mol. The van der Waals surface area contributed by atoms with E-state index in [0.29, 0.717) is 5.92 Å². The monoisotopic (exact) mass is 281 g/mol. The van der Waals surface area contributed by atoms with E-state index in [1.807, 2.05) is 10.9 Å². The number of ether oxygens (including phenoxy) is 1. The molecule has 0 unspecified atom stereocenters. The molecule has 0 aliphatic rings. The molecule has 1 aromatic rings. The summed E-state index contributed by atoms with van der Waals surface area (Å²) in [6.07, 6.45) is 3.97. The summed E-state index contributed by atoms with van der Waals surface area (Å²) in [4.78, 5) is 0. The van der Waals surface area contributed by atoms with Gasteiger partial charge in [0.25, 0.3) is 0 Å². The summed E-state index contributed by atoms with van der Waals surface area (Å²) >= 11 is 0. The first-order valence-electron chi connectivity index (χ1n) is 7.66. The number of rotatable bonds is 8. The van der Waals surface area contributed by atoms with E-state index in [-0.39, 0.29) is 11.0 Å². The summed E-state index contributed by atoms with van der Waals surface area (Å²) in [7, 11) is 0. The lowest BCUT2D eigenvalue weighted by Gasteiger charge is -2.35. The largest absolute Gasteiger partial charge is 0.375 e. The Balaban J connectivity index is 2.59. The Labute approximate surface area is 123 Å². The molecule has 4 heteroatoms. The van der Waals surface area contributed by atoms with Gasteiger partial charge in [-0.05, 0) is 38.0 Å². The molecule has 0 bridgehead atoms. The lowest BCUT2D eigenvalue weighted by atomic mass is 9.81. The average Bonchev–Trinajstić information content (AvgIpc) is 2.72. The van der Waals surface area contributed by atoms with Crippen LogP contribution in [0.5, 0.6) is 0 Å². The van der Waals surface area contributed by atoms with Crippen molar-refractivity contribution >= 4 is 0 Å². The Morgan fingerprint density at radius 3 is 2.40 bits per heavy atom. The molecule has 0 aliphatic heterocycles. The van der Waals surface area contributed by atoms with Crippen molar-refractivity contribution in [2.75, 3.05) is 6.61 Å². The maximum atomic E-state index is 6.05. The zero-order valence-electron chi connectivity index (χ0n) is 14.2. The SMILES string of the molecule is CCc1cn(CC(C)(C)CC(C)(C)OCC(C)C)nn1. The fraction of sp³-hybridized carbons (Fsp3) is 0.875. The molecule has 1 rings (SSSR count). The van der Waals surface area contributed by atoms with Gasteiger partial charge in [-0.15, -0.1) is 5.10 Å². The smallest absolute Gasteiger partial charge is 0.0824 e. The molecule has 20 heavy (non-hydrogen) atoms. The normalized spacial score (nSPS) is 13.2. The zero-order chi connectivity index (χ0) is 15.4. The van der Waals surface area contributed by atoms with Gasteiger partial charge in [-0.25, -0.2) is 0 Å². The van der Waals surface area contributed by atoms with E-state index >= 15 is 0 Å². The van der Waals surface area contributed by atoms with Crippen molar-refractivity contribution in [3.8, 4) is 0 Å². The minimum atomic E-state index is -0.109. The minimum Gasteiger partial charge on any atom is -0.375 e. The Kier molecular flexibility index (Phi) is 5.75. The van der Waals surface area contributed by atoms with Gasteiger partial charge in [0.2, 0.25) is 0 Å². The van der Waals surface area contributed by atoms with Gasteiger partial charge in [-0.2, -0.15) is 0 Å². The van der Waals surface area contributed by atoms with Crippen LogP contribution in [0.4, 0.5) is 0 Å². The summed E-state index contributed by atoms with van der Waals surface area (Å²) in [5, 5.41) is 8.36. The van der Waals surface area contributed by atoms with Crippen LogP contribution in [0.1, 0.15) is 60.6 Å². The van der Waals surface area contributed by atoms with Crippen LogP contribution in [0.3, 0.4) is 0 Å². The van der Waals surface area contributed by atoms with Crippen LogP contribution >= 0.6 is 0 Å². The second-order valence-electron chi connectivity index (χ2n) is 7.57. The lowest BCUT2D eigenvalue weighted by Crippen LogP contribution is -2.35. The van der Waals surface area contributed by atoms with Crippen LogP contribution in [-0.2, 0) is 17.7 Å². The van der Waals surface area contributed by atoms with Gasteiger partial charge >= 0.3 is 0 Å². The van der Waals surface area contributed by atoms with Crippen molar-refractivity contribution < 1.29 is 4.74 Å². The number of nitrogens with zero attached hydrogens (tertiary/aromatic N) is 3. The van der Waals surface area contributed by atoms with E-state index in [2.05, 4.69) is 58.8 Å². The second-order valence-corrected chi connectivity index (χ2v) is 7.57. The average molecular weight is 281 g/mol. The fourth-order valence-electron chi connectivity index (χ4n) is 2.67. The van der Waals surface area contributed by atoms with Gasteiger partial charge in [0.1, 0.15) is 0 Å². The third kappa shape index (κ3) is 6.04. The Bertz CT molecular complexity index is 408. The van der Waals surface area contributed by atoms with E-state index in [0.717, 1.165) is 31.7 Å². The second kappa shape index (κ2) is 6.70. The summed E-state index contributed by atoms with van der Waals surface area (Å²) in [6, 6.07) is 0. The van der Waals surface area contributed by atoms with Gasteiger partial charge in [0.05, 0.1) is 11.3 Å². The Morgan fingerprint density at radius 2 is 1.90 bits per heavy atom. The highest BCUT2D eigenvalue weighted by atomic mass is 16.5. The molecule has 0 aliphatic carbocycles. The first kappa shape index (κ1) is 17.2. The number of hydrogen-bond acceptors (Lipinski definition) is 3. The molecule has 0 radical (unpaired) electrons. The minimum absolute atomic E-state index is 0.109. The molecule has 0 aromatic carbocycles. The van der Waals surface area contributed by atoms with Gasteiger partial charge < -0.3 is 4.74 Å². The van der Waals surface area contributed by atoms with Gasteiger partial charge in [0, 0.05) is 19.3 Å². The van der Waals surface area contributed by atoms with E-state index in [4.69, 9.17) is 4.74 Å². The Hall–Kier alpha value is -0.900. The van der Waals surface area contributed by atoms with Crippen molar-refractivity contribution in [2.24, 2.45) is 11.3 Å². The Morgan fingerprint density at radius 1 is 1.25 bits per heavy atom. The van der Waals surface area contributed by atoms with Crippen LogP contribution in [0, 0.1) is 11.3 Å². The topological polar surface area (TPSA) is 39.9 Å². The number of aromatic nitrogens is 3. The van der Waals surface area contributed by atoms with E-state index < -0.39 is 0 Å². The van der Waals surface area contributed by atoms with Gasteiger partial charge in [-0.1, -0.05) is 39.8 Å². The fourth-order valence-corrected chi connectivity index (χ4v) is 2.67. The van der Waals surface area contributed by atoms with Crippen molar-refractivity contribution in [1.29, 1.82) is 0 Å². The van der Waals surface area contributed by atoms with Crippen LogP contribution in [0.2, 0.25) is 0 Å². The van der Waals surface area contributed by atoms with Crippen LogP contribution in [0.25, 0.3) is 0 Å². The highest BCUT2D eigenvalue weighted by molar-refractivity contribution is 4.92. The van der Waals surface area contributed by atoms with Gasteiger partial charge in [-0.3, -0.25) is 4.68 Å². The highest BCUT2D eigenvalue weighted by Gasteiger charge is 2.30. The third-order valence-electron chi connectivity index (χ3n) is 3.25. The molecular formula is C16H31N3O. The first-order chi connectivity index (χ1) is 9.13. The summed E-state index contributed by atoms with van der Waals surface area (Å²) < 4.78 is 8.00. The van der Waals surface area contributed by atoms with Crippen LogP contribution in [-0.4, -0.2) is 27.2 Å². The van der Waals surface area contributed by atoms with Gasteiger partial charge in [0.15, 0.2) is 0 Å². The number of aryl methyl sites for hydroxylation is 1. The molecule has 116 valence electrons. The van der Waals surface area contributed by atoms with E-state index in [1.165, 1.54) is 0 Å². The van der Waals surface area contributed by atoms with E-state index in [9.17, 15) is 0 Å². The molecule has 0 N–H and O–H groups in total. The van der Waals surface area contributed by atoms with E-state index in [1.54, 1.807) is 0 Å². The maximum Gasteiger partial charge on any atom is 0.0824 e. The third-order valence-corrected chi connectivity index (χ3v) is 3.25. The maximum absolute atomic E-state index is 6.05. The van der Waals surface area contributed by atoms with Crippen LogP contribution in [0.15, 0.2) is 6.20 Å². The molecule has 1 heterocycles. The van der Waals surface area contributed by atoms with Crippen molar-refractivity contribution in [3.63, 3.8) is 0 Å². The van der Waals surface area contributed by atoms with Crippen molar-refractivity contribution in [2.45, 2.75) is 73.5 Å². The standard InChI is InChI=1S/C16H31N3O/c1-8-14-9-19(18-17-14)12-15(4,5)11-16(6,7)20-10-13(2)3/h9,13H,8,10-12H2,1-7H3. The van der Waals surface area contributed by atoms with Crippen molar-refractivity contribution in [3.05, 3.63) is 11.9 Å². The summed E-state index contributed by atoms with van der Waals surface area (Å²) in [6.45, 7) is 17.0. The first-order valence-corrected chi connectivity index (χ1v) is 7.66. The number of hydrogen-bond donors (Lipinski definition) is 0. The predicted molar refractivity (Wildman–Crippen MR) is 82.7 cm³/mol. The molecule has 0 saturated carbocycles. The molecule has 1 aromatic heterocycles. The molecule has 0 fully saturated rings. The molecule has 0 atom stereocenters. The predicted octanol–water partition coefficient (Wildman–Crippen LogP) is 3.71. The summed E-state index contributed by atoms with van der Waals surface area (Å²) in [5.74, 6) is 0.569. The molecule has 0 amide bonds. The van der Waals surface area contributed by atoms with Crippen molar-refractivity contribution in [1.82, 2.24) is 15.0 Å². The highest BCUT2D eigenvalue weighted by Crippen LogP contribution is 2.32. The molecule has 0 saturated heterocycles. The zero-order valence-corrected chi connectivity index (χ0v) is 14.2. The van der Waals surface area contributed by atoms with Crippen LogP contribution < -0.4 is 0 Å². The molecule has 0 spiro atoms. The molecule has 4 nitrogen and oxygen atoms in total.